The third-order valence-corrected chi connectivity index (χ3v) is 6.22. The molecule has 1 atom stereocenters. The second-order valence-electron chi connectivity index (χ2n) is 7.98. The zero-order valence-electron chi connectivity index (χ0n) is 18.9. The number of amides is 3. The van der Waals surface area contributed by atoms with E-state index in [-0.39, 0.29) is 11.7 Å². The average molecular weight is 509 g/mol. The van der Waals surface area contributed by atoms with Crippen LogP contribution < -0.4 is 16.1 Å². The maximum absolute atomic E-state index is 13.2. The highest BCUT2D eigenvalue weighted by Crippen LogP contribution is 2.26. The standard InChI is InChI=1S/C26H22Cl2N4O3/c1-15-20(28)9-6-10-21(15)30-24(33)23-14-18-13-19(27)11-12-22(18)32(23)31-26(35)25(34)29-16(2)17-7-4-3-5-8-17/h3-14,16H,1-2H3,(H,29,34)(H,30,33)(H,31,35)/t16-/m1/s1. The third kappa shape index (κ3) is 5.31. The molecule has 0 aliphatic carbocycles. The monoisotopic (exact) mass is 508 g/mol. The van der Waals surface area contributed by atoms with Crippen molar-refractivity contribution in [2.75, 3.05) is 10.7 Å². The molecular weight excluding hydrogens is 487 g/mol. The topological polar surface area (TPSA) is 92.2 Å². The number of halogens is 2. The van der Waals surface area contributed by atoms with Crippen molar-refractivity contribution in [1.29, 1.82) is 0 Å². The van der Waals surface area contributed by atoms with Crippen LogP contribution in [0.15, 0.2) is 72.8 Å². The molecule has 0 fully saturated rings. The van der Waals surface area contributed by atoms with Gasteiger partial charge in [-0.2, -0.15) is 0 Å². The molecule has 4 rings (SSSR count). The van der Waals surface area contributed by atoms with Crippen molar-refractivity contribution >= 4 is 57.5 Å². The Hall–Kier alpha value is -3.81. The van der Waals surface area contributed by atoms with Crippen LogP contribution in [0.4, 0.5) is 5.69 Å². The van der Waals surface area contributed by atoms with Gasteiger partial charge in [-0.25, -0.2) is 4.68 Å². The number of fused-ring (bicyclic) bond motifs is 1. The zero-order valence-corrected chi connectivity index (χ0v) is 20.4. The molecule has 1 heterocycles. The van der Waals surface area contributed by atoms with Crippen molar-refractivity contribution < 1.29 is 14.4 Å². The van der Waals surface area contributed by atoms with Gasteiger partial charge in [0.05, 0.1) is 11.6 Å². The first kappa shape index (κ1) is 24.3. The lowest BCUT2D eigenvalue weighted by Crippen LogP contribution is -2.40. The molecule has 0 bridgehead atoms. The highest BCUT2D eigenvalue weighted by Gasteiger charge is 2.22. The number of hydrogen-bond donors (Lipinski definition) is 3. The molecule has 1 aromatic heterocycles. The fourth-order valence-corrected chi connectivity index (χ4v) is 4.00. The van der Waals surface area contributed by atoms with Crippen LogP contribution in [0.3, 0.4) is 0 Å². The summed E-state index contributed by atoms with van der Waals surface area (Å²) in [4.78, 5) is 38.6. The molecule has 7 nitrogen and oxygen atoms in total. The van der Waals surface area contributed by atoms with Crippen LogP contribution in [0.25, 0.3) is 10.9 Å². The van der Waals surface area contributed by atoms with Gasteiger partial charge in [-0.1, -0.05) is 59.6 Å². The van der Waals surface area contributed by atoms with E-state index in [4.69, 9.17) is 23.2 Å². The number of anilines is 1. The number of nitrogens with one attached hydrogen (secondary N) is 3. The Morgan fingerprint density at radius 1 is 0.886 bits per heavy atom. The number of carbonyl (C=O) groups excluding carboxylic acids is 3. The SMILES string of the molecule is Cc1c(Cl)cccc1NC(=O)c1cc2cc(Cl)ccc2n1NC(=O)C(=O)N[C@H](C)c1ccccc1. The fraction of sp³-hybridized carbons (Fsp3) is 0.115. The molecule has 9 heteroatoms. The van der Waals surface area contributed by atoms with Gasteiger partial charge in [-0.3, -0.25) is 19.8 Å². The van der Waals surface area contributed by atoms with Crippen molar-refractivity contribution in [2.45, 2.75) is 19.9 Å². The molecule has 0 aliphatic heterocycles. The first-order chi connectivity index (χ1) is 16.7. The smallest absolute Gasteiger partial charge is 0.328 e. The summed E-state index contributed by atoms with van der Waals surface area (Å²) < 4.78 is 1.27. The Morgan fingerprint density at radius 2 is 1.63 bits per heavy atom. The summed E-state index contributed by atoms with van der Waals surface area (Å²) in [5.41, 5.74) is 5.23. The highest BCUT2D eigenvalue weighted by atomic mass is 35.5. The molecule has 0 spiro atoms. The molecule has 0 saturated heterocycles. The largest absolute Gasteiger partial charge is 0.341 e. The van der Waals surface area contributed by atoms with Crippen molar-refractivity contribution in [3.05, 3.63) is 99.7 Å². The van der Waals surface area contributed by atoms with Crippen molar-refractivity contribution in [3.63, 3.8) is 0 Å². The van der Waals surface area contributed by atoms with E-state index in [1.807, 2.05) is 30.3 Å². The first-order valence-corrected chi connectivity index (χ1v) is 11.5. The van der Waals surface area contributed by atoms with Gasteiger partial charge in [0, 0.05) is 21.1 Å². The van der Waals surface area contributed by atoms with E-state index in [1.54, 1.807) is 56.3 Å². The summed E-state index contributed by atoms with van der Waals surface area (Å²) in [6.45, 7) is 3.56. The third-order valence-electron chi connectivity index (χ3n) is 5.58. The van der Waals surface area contributed by atoms with E-state index in [1.165, 1.54) is 4.68 Å². The van der Waals surface area contributed by atoms with Crippen LogP contribution in [-0.4, -0.2) is 22.4 Å². The Balaban J connectivity index is 1.61. The normalized spacial score (nSPS) is 11.7. The summed E-state index contributed by atoms with van der Waals surface area (Å²) >= 11 is 12.3. The number of nitrogens with zero attached hydrogens (tertiary/aromatic N) is 1. The van der Waals surface area contributed by atoms with Gasteiger partial charge < -0.3 is 10.6 Å². The molecular formula is C26H22Cl2N4O3. The lowest BCUT2D eigenvalue weighted by atomic mass is 10.1. The molecule has 0 saturated carbocycles. The minimum atomic E-state index is -0.923. The molecule has 3 N–H and O–H groups in total. The number of aromatic nitrogens is 1. The van der Waals surface area contributed by atoms with E-state index in [2.05, 4.69) is 16.1 Å². The van der Waals surface area contributed by atoms with Gasteiger partial charge in [0.25, 0.3) is 5.91 Å². The summed E-state index contributed by atoms with van der Waals surface area (Å²) in [5, 5.41) is 7.07. The first-order valence-electron chi connectivity index (χ1n) is 10.8. The van der Waals surface area contributed by atoms with Gasteiger partial charge in [0.15, 0.2) is 0 Å². The maximum Gasteiger partial charge on any atom is 0.328 e. The molecule has 0 radical (unpaired) electrons. The van der Waals surface area contributed by atoms with Crippen LogP contribution >= 0.6 is 23.2 Å². The second-order valence-corrected chi connectivity index (χ2v) is 8.83. The molecule has 3 aromatic carbocycles. The predicted octanol–water partition coefficient (Wildman–Crippen LogP) is 5.46. The van der Waals surface area contributed by atoms with Crippen LogP contribution in [0.1, 0.15) is 34.6 Å². The van der Waals surface area contributed by atoms with Gasteiger partial charge in [-0.05, 0) is 61.4 Å². The zero-order chi connectivity index (χ0) is 25.1. The number of rotatable bonds is 5. The van der Waals surface area contributed by atoms with Crippen LogP contribution in [0.5, 0.6) is 0 Å². The number of hydrogen-bond acceptors (Lipinski definition) is 3. The molecule has 35 heavy (non-hydrogen) atoms. The maximum atomic E-state index is 13.2. The molecule has 3 amide bonds. The Kier molecular flexibility index (Phi) is 7.10. The molecule has 0 aliphatic rings. The predicted molar refractivity (Wildman–Crippen MR) is 138 cm³/mol. The average Bonchev–Trinajstić information content (AvgIpc) is 3.19. The van der Waals surface area contributed by atoms with Crippen LogP contribution in [-0.2, 0) is 9.59 Å². The van der Waals surface area contributed by atoms with Gasteiger partial charge in [-0.15, -0.1) is 0 Å². The van der Waals surface area contributed by atoms with Gasteiger partial charge in [0.2, 0.25) is 0 Å². The molecule has 0 unspecified atom stereocenters. The lowest BCUT2D eigenvalue weighted by Gasteiger charge is -2.16. The quantitative estimate of drug-likeness (QED) is 0.312. The van der Waals surface area contributed by atoms with Crippen molar-refractivity contribution in [1.82, 2.24) is 9.99 Å². The Labute approximate surface area is 212 Å². The Bertz CT molecular complexity index is 1430. The molecule has 178 valence electrons. The summed E-state index contributed by atoms with van der Waals surface area (Å²) in [6.07, 6.45) is 0. The van der Waals surface area contributed by atoms with Crippen molar-refractivity contribution in [2.24, 2.45) is 0 Å². The summed E-state index contributed by atoms with van der Waals surface area (Å²) in [6, 6.07) is 20.6. The van der Waals surface area contributed by atoms with E-state index in [0.717, 1.165) is 5.56 Å². The van der Waals surface area contributed by atoms with E-state index < -0.39 is 17.7 Å². The minimum Gasteiger partial charge on any atom is -0.341 e. The Morgan fingerprint density at radius 3 is 2.37 bits per heavy atom. The minimum absolute atomic E-state index is 0.110. The fourth-order valence-electron chi connectivity index (χ4n) is 3.64. The summed E-state index contributed by atoms with van der Waals surface area (Å²) in [5.74, 6) is -2.26. The van der Waals surface area contributed by atoms with Gasteiger partial charge in [0.1, 0.15) is 5.69 Å². The van der Waals surface area contributed by atoms with Crippen LogP contribution in [0.2, 0.25) is 10.0 Å². The van der Waals surface area contributed by atoms with Gasteiger partial charge >= 0.3 is 11.8 Å². The number of benzene rings is 3. The second kappa shape index (κ2) is 10.2. The van der Waals surface area contributed by atoms with E-state index in [0.29, 0.717) is 32.2 Å². The summed E-state index contributed by atoms with van der Waals surface area (Å²) in [7, 11) is 0. The molecule has 4 aromatic rings. The van der Waals surface area contributed by atoms with E-state index in [9.17, 15) is 14.4 Å². The van der Waals surface area contributed by atoms with Crippen molar-refractivity contribution in [3.8, 4) is 0 Å². The lowest BCUT2D eigenvalue weighted by molar-refractivity contribution is -0.137. The highest BCUT2D eigenvalue weighted by molar-refractivity contribution is 6.38. The van der Waals surface area contributed by atoms with Crippen LogP contribution in [0, 0.1) is 6.92 Å². The van der Waals surface area contributed by atoms with E-state index >= 15 is 0 Å². The number of carbonyl (C=O) groups is 3.